The highest BCUT2D eigenvalue weighted by atomic mass is 16.6. The number of benzene rings is 1. The second kappa shape index (κ2) is 6.15. The van der Waals surface area contributed by atoms with Crippen LogP contribution >= 0.6 is 0 Å². The van der Waals surface area contributed by atoms with Gasteiger partial charge in [-0.15, -0.1) is 0 Å². The van der Waals surface area contributed by atoms with Crippen LogP contribution in [0.4, 0.5) is 9.59 Å². The van der Waals surface area contributed by atoms with Crippen LogP contribution in [0.2, 0.25) is 0 Å². The molecule has 2 saturated heterocycles. The number of β-lactam (4-membered cyclic amide) rings is 1. The third-order valence-electron chi connectivity index (χ3n) is 4.02. The highest BCUT2D eigenvalue weighted by Gasteiger charge is 2.47. The number of ether oxygens (including phenoxy) is 1. The van der Waals surface area contributed by atoms with Crippen LogP contribution in [0.5, 0.6) is 0 Å². The summed E-state index contributed by atoms with van der Waals surface area (Å²) >= 11 is 0. The first kappa shape index (κ1) is 15.1. The number of carbonyl (C=O) groups is 3. The lowest BCUT2D eigenvalue weighted by atomic mass is 9.96. The van der Waals surface area contributed by atoms with E-state index >= 15 is 0 Å². The van der Waals surface area contributed by atoms with Crippen LogP contribution in [0.1, 0.15) is 5.56 Å². The van der Waals surface area contributed by atoms with Crippen molar-refractivity contribution in [2.45, 2.75) is 18.6 Å². The van der Waals surface area contributed by atoms with Gasteiger partial charge >= 0.3 is 12.2 Å². The summed E-state index contributed by atoms with van der Waals surface area (Å²) < 4.78 is 4.84. The van der Waals surface area contributed by atoms with Crippen molar-refractivity contribution in [2.24, 2.45) is 0 Å². The maximum atomic E-state index is 11.9. The molecule has 3 rings (SSSR count). The van der Waals surface area contributed by atoms with E-state index in [1.165, 1.54) is 4.90 Å². The molecule has 0 radical (unpaired) electrons. The fourth-order valence-corrected chi connectivity index (χ4v) is 2.83. The normalized spacial score (nSPS) is 23.0. The molecule has 2 fully saturated rings. The molecule has 2 heterocycles. The van der Waals surface area contributed by atoms with E-state index in [-0.39, 0.29) is 19.0 Å². The number of hydrogen-bond acceptors (Lipinski definition) is 4. The number of rotatable bonds is 5. The molecule has 8 heteroatoms. The molecule has 0 spiro atoms. The van der Waals surface area contributed by atoms with Gasteiger partial charge in [-0.1, -0.05) is 30.3 Å². The Morgan fingerprint density at radius 1 is 1.35 bits per heavy atom. The number of cyclic esters (lactones) is 1. The lowest BCUT2D eigenvalue weighted by molar-refractivity contribution is -0.137. The Morgan fingerprint density at radius 3 is 2.65 bits per heavy atom. The molecule has 2 atom stereocenters. The van der Waals surface area contributed by atoms with Crippen molar-refractivity contribution in [3.63, 3.8) is 0 Å². The summed E-state index contributed by atoms with van der Waals surface area (Å²) in [5, 5.41) is 12.1. The van der Waals surface area contributed by atoms with Crippen LogP contribution in [0.3, 0.4) is 0 Å². The van der Waals surface area contributed by atoms with Gasteiger partial charge in [-0.2, -0.15) is 0 Å². The molecule has 2 N–H and O–H groups in total. The van der Waals surface area contributed by atoms with Crippen LogP contribution in [-0.2, 0) is 16.1 Å². The van der Waals surface area contributed by atoms with E-state index in [1.807, 2.05) is 18.2 Å². The van der Waals surface area contributed by atoms with E-state index in [0.717, 1.165) is 10.5 Å². The highest BCUT2D eigenvalue weighted by Crippen LogP contribution is 2.20. The van der Waals surface area contributed by atoms with Crippen molar-refractivity contribution in [2.75, 3.05) is 19.7 Å². The smallest absolute Gasteiger partial charge is 0.410 e. The van der Waals surface area contributed by atoms with E-state index in [9.17, 15) is 19.5 Å². The van der Waals surface area contributed by atoms with Gasteiger partial charge in [0.05, 0.1) is 12.6 Å². The molecule has 2 aliphatic heterocycles. The minimum Gasteiger partial charge on any atom is -0.465 e. The van der Waals surface area contributed by atoms with Gasteiger partial charge in [0.15, 0.2) is 0 Å². The van der Waals surface area contributed by atoms with Gasteiger partial charge < -0.3 is 20.1 Å². The van der Waals surface area contributed by atoms with Gasteiger partial charge in [0, 0.05) is 13.1 Å². The molecule has 1 aromatic carbocycles. The van der Waals surface area contributed by atoms with Crippen molar-refractivity contribution in [1.82, 2.24) is 15.1 Å². The van der Waals surface area contributed by atoms with E-state index in [2.05, 4.69) is 5.32 Å². The van der Waals surface area contributed by atoms with Crippen molar-refractivity contribution >= 4 is 18.1 Å². The number of amides is 3. The second-order valence-electron chi connectivity index (χ2n) is 5.52. The number of nitrogens with zero attached hydrogens (tertiary/aromatic N) is 2. The van der Waals surface area contributed by atoms with Crippen molar-refractivity contribution in [3.8, 4) is 0 Å². The summed E-state index contributed by atoms with van der Waals surface area (Å²) in [6, 6.07) is 7.85. The molecule has 0 aromatic heterocycles. The largest absolute Gasteiger partial charge is 0.465 e. The Morgan fingerprint density at radius 2 is 2.09 bits per heavy atom. The minimum atomic E-state index is -1.16. The third kappa shape index (κ3) is 3.05. The Bertz CT molecular complexity index is 621. The van der Waals surface area contributed by atoms with Crippen molar-refractivity contribution < 1.29 is 24.2 Å². The van der Waals surface area contributed by atoms with Crippen LogP contribution in [0.25, 0.3) is 0 Å². The Labute approximate surface area is 132 Å². The zero-order valence-corrected chi connectivity index (χ0v) is 12.3. The second-order valence-corrected chi connectivity index (χ2v) is 5.52. The Kier molecular flexibility index (Phi) is 4.05. The van der Waals surface area contributed by atoms with Gasteiger partial charge in [-0.25, -0.2) is 9.59 Å². The van der Waals surface area contributed by atoms with Crippen LogP contribution in [0, 0.1) is 0 Å². The zero-order valence-electron chi connectivity index (χ0n) is 12.3. The third-order valence-corrected chi connectivity index (χ3v) is 4.02. The molecule has 0 bridgehead atoms. The zero-order chi connectivity index (χ0) is 16.4. The molecular weight excluding hydrogens is 302 g/mol. The minimum absolute atomic E-state index is 0.120. The fraction of sp³-hybridized carbons (Fsp3) is 0.400. The Balaban J connectivity index is 1.71. The number of nitrogens with one attached hydrogen (secondary N) is 1. The fourth-order valence-electron chi connectivity index (χ4n) is 2.83. The molecule has 0 saturated carbocycles. The molecule has 2 aliphatic rings. The summed E-state index contributed by atoms with van der Waals surface area (Å²) in [5.74, 6) is -0.346. The first-order valence-corrected chi connectivity index (χ1v) is 7.32. The SMILES string of the molecule is O=C1N[C@H](CN2CCOC2=O)[C@@H]1N(Cc1ccccc1)C(=O)O. The van der Waals surface area contributed by atoms with Gasteiger partial charge in [-0.05, 0) is 5.56 Å². The summed E-state index contributed by atoms with van der Waals surface area (Å²) in [5.41, 5.74) is 0.800. The summed E-state index contributed by atoms with van der Waals surface area (Å²) in [6.07, 6.45) is -1.60. The standard InChI is InChI=1S/C15H17N3O5/c19-13-12(11(16-13)9-17-6-7-23-15(17)22)18(14(20)21)8-10-4-2-1-3-5-10/h1-5,11-12H,6-9H2,(H,16,19)(H,20,21)/t11-,12+/m1/s1. The number of carbonyl (C=O) groups excluding carboxylic acids is 2. The lowest BCUT2D eigenvalue weighted by Gasteiger charge is -2.43. The van der Waals surface area contributed by atoms with E-state index < -0.39 is 24.3 Å². The Hall–Kier alpha value is -2.77. The van der Waals surface area contributed by atoms with E-state index in [0.29, 0.717) is 13.2 Å². The average Bonchev–Trinajstić information content (AvgIpc) is 2.92. The first-order valence-electron chi connectivity index (χ1n) is 7.32. The number of hydrogen-bond donors (Lipinski definition) is 2. The van der Waals surface area contributed by atoms with Crippen LogP contribution in [-0.4, -0.2) is 64.8 Å². The molecule has 0 unspecified atom stereocenters. The maximum Gasteiger partial charge on any atom is 0.410 e. The highest BCUT2D eigenvalue weighted by molar-refractivity contribution is 5.92. The van der Waals surface area contributed by atoms with Crippen LogP contribution in [0.15, 0.2) is 30.3 Å². The maximum absolute atomic E-state index is 11.9. The quantitative estimate of drug-likeness (QED) is 0.769. The molecule has 8 nitrogen and oxygen atoms in total. The lowest BCUT2D eigenvalue weighted by Crippen LogP contribution is -2.72. The van der Waals surface area contributed by atoms with Gasteiger partial charge in [0.2, 0.25) is 5.91 Å². The summed E-state index contributed by atoms with van der Waals surface area (Å²) in [6.45, 7) is 1.13. The van der Waals surface area contributed by atoms with Crippen molar-refractivity contribution in [1.29, 1.82) is 0 Å². The molecule has 1 aromatic rings. The summed E-state index contributed by atoms with van der Waals surface area (Å²) in [4.78, 5) is 37.5. The molecule has 3 amide bonds. The topological polar surface area (TPSA) is 99.2 Å². The van der Waals surface area contributed by atoms with Crippen LogP contribution < -0.4 is 5.32 Å². The van der Waals surface area contributed by atoms with Gasteiger partial charge in [-0.3, -0.25) is 9.69 Å². The summed E-state index contributed by atoms with van der Waals surface area (Å²) in [7, 11) is 0. The monoisotopic (exact) mass is 319 g/mol. The molecule has 23 heavy (non-hydrogen) atoms. The average molecular weight is 319 g/mol. The van der Waals surface area contributed by atoms with E-state index in [1.54, 1.807) is 12.1 Å². The van der Waals surface area contributed by atoms with Gasteiger partial charge in [0.25, 0.3) is 0 Å². The molecule has 0 aliphatic carbocycles. The first-order chi connectivity index (χ1) is 11.1. The number of carboxylic acid groups (broad SMARTS) is 1. The molecular formula is C15H17N3O5. The molecule has 122 valence electrons. The van der Waals surface area contributed by atoms with Gasteiger partial charge in [0.1, 0.15) is 12.6 Å². The predicted molar refractivity (Wildman–Crippen MR) is 78.6 cm³/mol. The van der Waals surface area contributed by atoms with E-state index in [4.69, 9.17) is 4.74 Å². The predicted octanol–water partition coefficient (Wildman–Crippen LogP) is 0.486. The van der Waals surface area contributed by atoms with Crippen molar-refractivity contribution in [3.05, 3.63) is 35.9 Å².